The number of benzene rings is 1. The molecule has 5 nitrogen and oxygen atoms in total. The zero-order valence-electron chi connectivity index (χ0n) is 14.5. The third kappa shape index (κ3) is 2.73. The largest absolute Gasteiger partial charge is 0.486 e. The van der Waals surface area contributed by atoms with E-state index in [0.29, 0.717) is 49.4 Å². The first kappa shape index (κ1) is 15.9. The third-order valence-electron chi connectivity index (χ3n) is 5.40. The molecule has 1 spiro atoms. The van der Waals surface area contributed by atoms with Crippen molar-refractivity contribution in [3.63, 3.8) is 0 Å². The van der Waals surface area contributed by atoms with Crippen molar-refractivity contribution in [1.29, 1.82) is 0 Å². The van der Waals surface area contributed by atoms with Crippen LogP contribution in [0.2, 0.25) is 0 Å². The Morgan fingerprint density at radius 3 is 2.56 bits per heavy atom. The minimum absolute atomic E-state index is 0.103. The van der Waals surface area contributed by atoms with Crippen LogP contribution in [0.25, 0.3) is 0 Å². The number of piperidine rings is 1. The van der Waals surface area contributed by atoms with Crippen LogP contribution in [-0.2, 0) is 0 Å². The van der Waals surface area contributed by atoms with E-state index in [0.717, 1.165) is 11.1 Å². The molecule has 0 unspecified atom stereocenters. The van der Waals surface area contributed by atoms with Crippen LogP contribution in [0.4, 0.5) is 0 Å². The first-order valence-electron chi connectivity index (χ1n) is 8.64. The summed E-state index contributed by atoms with van der Waals surface area (Å²) in [6.07, 6.45) is 3.18. The van der Waals surface area contributed by atoms with E-state index in [1.807, 2.05) is 26.0 Å². The summed E-state index contributed by atoms with van der Waals surface area (Å²) in [4.78, 5) is 26.8. The molecule has 2 aliphatic heterocycles. The van der Waals surface area contributed by atoms with Crippen molar-refractivity contribution >= 4 is 11.7 Å². The molecule has 2 aromatic rings. The number of ether oxygens (including phenoxy) is 1. The van der Waals surface area contributed by atoms with Gasteiger partial charge in [-0.2, -0.15) is 0 Å². The summed E-state index contributed by atoms with van der Waals surface area (Å²) < 4.78 is 11.5. The first-order chi connectivity index (χ1) is 12.0. The number of carbonyl (C=O) groups is 2. The van der Waals surface area contributed by atoms with E-state index in [4.69, 9.17) is 9.15 Å². The van der Waals surface area contributed by atoms with Crippen molar-refractivity contribution in [3.05, 3.63) is 53.0 Å². The molecular weight excluding hydrogens is 318 g/mol. The lowest BCUT2D eigenvalue weighted by Gasteiger charge is -2.43. The average Bonchev–Trinajstić information content (AvgIpc) is 3.11. The first-order valence-corrected chi connectivity index (χ1v) is 8.64. The highest BCUT2D eigenvalue weighted by atomic mass is 16.5. The predicted octanol–water partition coefficient (Wildman–Crippen LogP) is 3.54. The number of Topliss-reactive ketones (excluding diaryl/α,β-unsaturated/α-hetero) is 1. The predicted molar refractivity (Wildman–Crippen MR) is 92.1 cm³/mol. The van der Waals surface area contributed by atoms with Crippen LogP contribution in [0.15, 0.2) is 34.9 Å². The van der Waals surface area contributed by atoms with Crippen LogP contribution in [0, 0.1) is 13.8 Å². The van der Waals surface area contributed by atoms with Crippen molar-refractivity contribution in [3.8, 4) is 5.75 Å². The maximum atomic E-state index is 12.6. The zero-order valence-corrected chi connectivity index (χ0v) is 14.5. The molecule has 1 aromatic heterocycles. The number of carbonyl (C=O) groups excluding carboxylic acids is 2. The summed E-state index contributed by atoms with van der Waals surface area (Å²) in [7, 11) is 0. The SMILES string of the molecule is Cc1cc2c(cc1C)C(=O)CC1(CCN(C(=O)c3ccco3)CC1)O2. The summed E-state index contributed by atoms with van der Waals surface area (Å²) in [5, 5.41) is 0. The number of aryl methyl sites for hydroxylation is 2. The van der Waals surface area contributed by atoms with Crippen LogP contribution in [0.5, 0.6) is 5.75 Å². The van der Waals surface area contributed by atoms with Gasteiger partial charge in [0.15, 0.2) is 11.5 Å². The number of furan rings is 1. The molecule has 25 heavy (non-hydrogen) atoms. The lowest BCUT2D eigenvalue weighted by Crippen LogP contribution is -2.52. The Morgan fingerprint density at radius 2 is 1.88 bits per heavy atom. The van der Waals surface area contributed by atoms with Crippen LogP contribution < -0.4 is 4.74 Å². The summed E-state index contributed by atoms with van der Waals surface area (Å²) in [6, 6.07) is 7.27. The van der Waals surface area contributed by atoms with Gasteiger partial charge in [-0.25, -0.2) is 0 Å². The Morgan fingerprint density at radius 1 is 1.16 bits per heavy atom. The Balaban J connectivity index is 1.52. The minimum atomic E-state index is -0.494. The fourth-order valence-corrected chi connectivity index (χ4v) is 3.70. The molecule has 0 N–H and O–H groups in total. The highest BCUT2D eigenvalue weighted by molar-refractivity contribution is 6.00. The molecular formula is C20H21NO4. The summed E-state index contributed by atoms with van der Waals surface area (Å²) >= 11 is 0. The number of ketones is 1. The van der Waals surface area contributed by atoms with Gasteiger partial charge in [-0.15, -0.1) is 0 Å². The second-order valence-corrected chi connectivity index (χ2v) is 7.09. The number of hydrogen-bond acceptors (Lipinski definition) is 4. The zero-order chi connectivity index (χ0) is 17.6. The summed E-state index contributed by atoms with van der Waals surface area (Å²) in [6.45, 7) is 5.15. The Bertz CT molecular complexity index is 830. The lowest BCUT2D eigenvalue weighted by molar-refractivity contribution is -0.00646. The van der Waals surface area contributed by atoms with E-state index in [2.05, 4.69) is 0 Å². The van der Waals surface area contributed by atoms with Gasteiger partial charge in [0.05, 0.1) is 18.2 Å². The van der Waals surface area contributed by atoms with Gasteiger partial charge in [-0.3, -0.25) is 9.59 Å². The van der Waals surface area contributed by atoms with Gasteiger partial charge in [0.2, 0.25) is 0 Å². The van der Waals surface area contributed by atoms with E-state index < -0.39 is 5.60 Å². The molecule has 1 amide bonds. The minimum Gasteiger partial charge on any atom is -0.486 e. The molecule has 0 saturated carbocycles. The van der Waals surface area contributed by atoms with E-state index in [9.17, 15) is 9.59 Å². The molecule has 1 aromatic carbocycles. The molecule has 1 saturated heterocycles. The van der Waals surface area contributed by atoms with Crippen LogP contribution in [-0.4, -0.2) is 35.3 Å². The maximum absolute atomic E-state index is 12.6. The van der Waals surface area contributed by atoms with Crippen molar-refractivity contribution in [2.24, 2.45) is 0 Å². The number of rotatable bonds is 1. The van der Waals surface area contributed by atoms with Gasteiger partial charge >= 0.3 is 0 Å². The van der Waals surface area contributed by atoms with Gasteiger partial charge in [-0.1, -0.05) is 0 Å². The van der Waals surface area contributed by atoms with Gasteiger partial charge in [0, 0.05) is 25.9 Å². The number of hydrogen-bond donors (Lipinski definition) is 0. The van der Waals surface area contributed by atoms with Gasteiger partial charge < -0.3 is 14.1 Å². The van der Waals surface area contributed by atoms with Crippen molar-refractivity contribution < 1.29 is 18.7 Å². The average molecular weight is 339 g/mol. The van der Waals surface area contributed by atoms with Crippen molar-refractivity contribution in [2.75, 3.05) is 13.1 Å². The topological polar surface area (TPSA) is 59.8 Å². The summed E-state index contributed by atoms with van der Waals surface area (Å²) in [5.41, 5.74) is 2.41. The molecule has 1 fully saturated rings. The smallest absolute Gasteiger partial charge is 0.289 e. The Labute approximate surface area is 146 Å². The standard InChI is InChI=1S/C20H21NO4/c1-13-10-15-16(22)12-20(25-18(15)11-14(13)2)5-7-21(8-6-20)19(23)17-4-3-9-24-17/h3-4,9-11H,5-8,12H2,1-2H3. The van der Waals surface area contributed by atoms with E-state index in [1.165, 1.54) is 6.26 Å². The van der Waals surface area contributed by atoms with Crippen LogP contribution >= 0.6 is 0 Å². The molecule has 0 aliphatic carbocycles. The van der Waals surface area contributed by atoms with Crippen LogP contribution in [0.3, 0.4) is 0 Å². The molecule has 4 rings (SSSR count). The highest BCUT2D eigenvalue weighted by Crippen LogP contribution is 2.40. The maximum Gasteiger partial charge on any atom is 0.289 e. The number of nitrogens with zero attached hydrogens (tertiary/aromatic N) is 1. The molecule has 2 aliphatic rings. The fourth-order valence-electron chi connectivity index (χ4n) is 3.70. The number of likely N-dealkylation sites (tertiary alicyclic amines) is 1. The normalized spacial score (nSPS) is 18.8. The van der Waals surface area contributed by atoms with Crippen molar-refractivity contribution in [2.45, 2.75) is 38.7 Å². The molecule has 3 heterocycles. The molecule has 0 atom stereocenters. The van der Waals surface area contributed by atoms with Crippen molar-refractivity contribution in [1.82, 2.24) is 4.90 Å². The van der Waals surface area contributed by atoms with Gasteiger partial charge in [0.25, 0.3) is 5.91 Å². The summed E-state index contributed by atoms with van der Waals surface area (Å²) in [5.74, 6) is 1.07. The second-order valence-electron chi connectivity index (χ2n) is 7.09. The quantitative estimate of drug-likeness (QED) is 0.797. The molecule has 0 bridgehead atoms. The monoisotopic (exact) mass is 339 g/mol. The second kappa shape index (κ2) is 5.76. The highest BCUT2D eigenvalue weighted by Gasteiger charge is 2.44. The lowest BCUT2D eigenvalue weighted by atomic mass is 9.82. The van der Waals surface area contributed by atoms with Gasteiger partial charge in [-0.05, 0) is 49.2 Å². The number of amides is 1. The molecule has 0 radical (unpaired) electrons. The fraction of sp³-hybridized carbons (Fsp3) is 0.400. The van der Waals surface area contributed by atoms with E-state index >= 15 is 0 Å². The molecule has 5 heteroatoms. The Hall–Kier alpha value is -2.56. The molecule has 130 valence electrons. The van der Waals surface area contributed by atoms with Gasteiger partial charge in [0.1, 0.15) is 11.4 Å². The number of fused-ring (bicyclic) bond motifs is 1. The van der Waals surface area contributed by atoms with Crippen LogP contribution in [0.1, 0.15) is 51.3 Å². The van der Waals surface area contributed by atoms with E-state index in [-0.39, 0.29) is 11.7 Å². The Kier molecular flexibility index (Phi) is 3.67. The van der Waals surface area contributed by atoms with E-state index in [1.54, 1.807) is 17.0 Å². The third-order valence-corrected chi connectivity index (χ3v) is 5.40.